The van der Waals surface area contributed by atoms with Gasteiger partial charge in [-0.3, -0.25) is 4.79 Å². The topological polar surface area (TPSA) is 95.7 Å². The first-order valence-corrected chi connectivity index (χ1v) is 9.58. The van der Waals surface area contributed by atoms with Crippen LogP contribution in [0.4, 0.5) is 0 Å². The molecular formula is C20H16Cl2N4O4. The first-order chi connectivity index (χ1) is 14.5. The smallest absolute Gasteiger partial charge is 0.364 e. The third-order valence-electron chi connectivity index (χ3n) is 3.77. The molecule has 3 aromatic rings. The molecule has 3 rings (SSSR count). The van der Waals surface area contributed by atoms with Crippen LogP contribution >= 0.6 is 23.2 Å². The second-order valence-electron chi connectivity index (χ2n) is 5.87. The molecule has 8 nitrogen and oxygen atoms in total. The first-order valence-electron chi connectivity index (χ1n) is 8.82. The molecule has 10 heteroatoms. The molecule has 2 aromatic carbocycles. The van der Waals surface area contributed by atoms with Crippen LogP contribution in [0.25, 0.3) is 0 Å². The van der Waals surface area contributed by atoms with E-state index in [1.807, 2.05) is 0 Å². The van der Waals surface area contributed by atoms with E-state index in [0.717, 1.165) is 10.4 Å². The van der Waals surface area contributed by atoms with Gasteiger partial charge in [-0.1, -0.05) is 40.1 Å². The van der Waals surface area contributed by atoms with Crippen LogP contribution in [0, 0.1) is 0 Å². The lowest BCUT2D eigenvalue weighted by Crippen LogP contribution is -2.15. The minimum absolute atomic E-state index is 0.110. The van der Waals surface area contributed by atoms with Gasteiger partial charge in [-0.05, 0) is 54.1 Å². The zero-order chi connectivity index (χ0) is 21.5. The van der Waals surface area contributed by atoms with Crippen molar-refractivity contribution in [2.24, 2.45) is 5.10 Å². The summed E-state index contributed by atoms with van der Waals surface area (Å²) in [4.78, 5) is 25.6. The lowest BCUT2D eigenvalue weighted by molar-refractivity contribution is 0.0512. The Morgan fingerprint density at radius 3 is 2.33 bits per heavy atom. The van der Waals surface area contributed by atoms with Crippen molar-refractivity contribution in [2.45, 2.75) is 6.92 Å². The fraction of sp³-hybridized carbons (Fsp3) is 0.150. The second-order valence-corrected chi connectivity index (χ2v) is 6.74. The van der Waals surface area contributed by atoms with Gasteiger partial charge in [0.05, 0.1) is 12.8 Å². The molecule has 0 spiro atoms. The highest BCUT2D eigenvalue weighted by Crippen LogP contribution is 2.18. The molecule has 0 saturated heterocycles. The lowest BCUT2D eigenvalue weighted by atomic mass is 10.1. The Labute approximate surface area is 182 Å². The van der Waals surface area contributed by atoms with Crippen LogP contribution in [-0.4, -0.2) is 46.3 Å². The van der Waals surface area contributed by atoms with Crippen molar-refractivity contribution < 1.29 is 19.1 Å². The van der Waals surface area contributed by atoms with Gasteiger partial charge in [0, 0.05) is 15.6 Å². The average Bonchev–Trinajstić information content (AvgIpc) is 3.15. The van der Waals surface area contributed by atoms with Crippen LogP contribution in [0.3, 0.4) is 0 Å². The number of carbonyl (C=O) groups excluding carboxylic acids is 2. The number of halogens is 2. The SMILES string of the molecule is CCOC(=O)c1nnn(/N=C\c2ccc(Cl)cc2)c1OCC(=O)c1ccc(Cl)cc1. The molecule has 30 heavy (non-hydrogen) atoms. The summed E-state index contributed by atoms with van der Waals surface area (Å²) in [5.74, 6) is -1.17. The van der Waals surface area contributed by atoms with Crippen LogP contribution in [0.1, 0.15) is 33.3 Å². The maximum absolute atomic E-state index is 12.4. The number of ketones is 1. The zero-order valence-corrected chi connectivity index (χ0v) is 17.3. The molecule has 0 aliphatic rings. The Morgan fingerprint density at radius 1 is 1.07 bits per heavy atom. The molecule has 154 valence electrons. The van der Waals surface area contributed by atoms with Gasteiger partial charge in [0.15, 0.2) is 12.4 Å². The number of aromatic nitrogens is 3. The molecule has 1 heterocycles. The van der Waals surface area contributed by atoms with Crippen LogP contribution in [-0.2, 0) is 4.74 Å². The monoisotopic (exact) mass is 446 g/mol. The average molecular weight is 447 g/mol. The normalized spacial score (nSPS) is 10.9. The number of rotatable bonds is 8. The molecule has 0 atom stereocenters. The van der Waals surface area contributed by atoms with E-state index in [1.165, 1.54) is 6.21 Å². The van der Waals surface area contributed by atoms with Gasteiger partial charge < -0.3 is 9.47 Å². The number of ether oxygens (including phenoxy) is 2. The highest BCUT2D eigenvalue weighted by molar-refractivity contribution is 6.31. The summed E-state index contributed by atoms with van der Waals surface area (Å²) in [5, 5.41) is 12.8. The van der Waals surface area contributed by atoms with Crippen LogP contribution in [0.5, 0.6) is 5.88 Å². The molecule has 0 amide bonds. The van der Waals surface area contributed by atoms with Crippen molar-refractivity contribution in [1.82, 2.24) is 15.1 Å². The van der Waals surface area contributed by atoms with Gasteiger partial charge in [0.25, 0.3) is 5.88 Å². The molecule has 0 fully saturated rings. The Balaban J connectivity index is 1.82. The molecule has 0 unspecified atom stereocenters. The maximum Gasteiger partial charge on any atom is 0.364 e. The lowest BCUT2D eigenvalue weighted by Gasteiger charge is -2.07. The third-order valence-corrected chi connectivity index (χ3v) is 4.28. The van der Waals surface area contributed by atoms with Crippen LogP contribution in [0.2, 0.25) is 10.0 Å². The van der Waals surface area contributed by atoms with Crippen molar-refractivity contribution in [3.63, 3.8) is 0 Å². The number of Topliss-reactive ketones (excluding diaryl/α,β-unsaturated/α-hetero) is 1. The van der Waals surface area contributed by atoms with Crippen molar-refractivity contribution in [3.05, 3.63) is 75.4 Å². The number of benzene rings is 2. The van der Waals surface area contributed by atoms with E-state index in [2.05, 4.69) is 15.4 Å². The van der Waals surface area contributed by atoms with E-state index < -0.39 is 5.97 Å². The summed E-state index contributed by atoms with van der Waals surface area (Å²) in [7, 11) is 0. The van der Waals surface area contributed by atoms with E-state index in [0.29, 0.717) is 15.6 Å². The highest BCUT2D eigenvalue weighted by atomic mass is 35.5. The maximum atomic E-state index is 12.4. The van der Waals surface area contributed by atoms with Gasteiger partial charge in [-0.2, -0.15) is 5.10 Å². The summed E-state index contributed by atoms with van der Waals surface area (Å²) >= 11 is 11.7. The fourth-order valence-electron chi connectivity index (χ4n) is 2.32. The zero-order valence-electron chi connectivity index (χ0n) is 15.8. The fourth-order valence-corrected chi connectivity index (χ4v) is 2.57. The number of nitrogens with zero attached hydrogens (tertiary/aromatic N) is 4. The molecule has 0 saturated carbocycles. The molecule has 0 aliphatic carbocycles. The minimum Gasteiger partial charge on any atom is -0.466 e. The largest absolute Gasteiger partial charge is 0.466 e. The van der Waals surface area contributed by atoms with Crippen LogP contribution in [0.15, 0.2) is 53.6 Å². The van der Waals surface area contributed by atoms with Gasteiger partial charge in [-0.15, -0.1) is 5.10 Å². The summed E-state index contributed by atoms with van der Waals surface area (Å²) in [6, 6.07) is 13.3. The van der Waals surface area contributed by atoms with E-state index in [-0.39, 0.29) is 30.6 Å². The van der Waals surface area contributed by atoms with Crippen molar-refractivity contribution in [3.8, 4) is 5.88 Å². The highest BCUT2D eigenvalue weighted by Gasteiger charge is 2.23. The van der Waals surface area contributed by atoms with E-state index in [9.17, 15) is 9.59 Å². The van der Waals surface area contributed by atoms with Crippen molar-refractivity contribution >= 4 is 41.2 Å². The quantitative estimate of drug-likeness (QED) is 0.295. The Bertz CT molecular complexity index is 1060. The Kier molecular flexibility index (Phi) is 7.16. The molecule has 0 aliphatic heterocycles. The molecule has 0 N–H and O–H groups in total. The molecule has 0 radical (unpaired) electrons. The third kappa shape index (κ3) is 5.43. The number of carbonyl (C=O) groups is 2. The second kappa shape index (κ2) is 10.00. The Hall–Kier alpha value is -3.23. The summed E-state index contributed by atoms with van der Waals surface area (Å²) in [6.07, 6.45) is 1.48. The summed E-state index contributed by atoms with van der Waals surface area (Å²) < 4.78 is 10.5. The molecular weight excluding hydrogens is 431 g/mol. The van der Waals surface area contributed by atoms with Gasteiger partial charge >= 0.3 is 5.97 Å². The van der Waals surface area contributed by atoms with E-state index in [4.69, 9.17) is 32.7 Å². The molecule has 1 aromatic heterocycles. The predicted molar refractivity (Wildman–Crippen MR) is 112 cm³/mol. The number of esters is 1. The number of hydrogen-bond acceptors (Lipinski definition) is 7. The number of hydrogen-bond donors (Lipinski definition) is 0. The van der Waals surface area contributed by atoms with E-state index in [1.54, 1.807) is 55.5 Å². The van der Waals surface area contributed by atoms with E-state index >= 15 is 0 Å². The summed E-state index contributed by atoms with van der Waals surface area (Å²) in [6.45, 7) is 1.44. The molecule has 0 bridgehead atoms. The van der Waals surface area contributed by atoms with Gasteiger partial charge in [0.2, 0.25) is 5.69 Å². The van der Waals surface area contributed by atoms with Crippen LogP contribution < -0.4 is 4.74 Å². The minimum atomic E-state index is -0.737. The predicted octanol–water partition coefficient (Wildman–Crippen LogP) is 3.91. The van der Waals surface area contributed by atoms with Crippen molar-refractivity contribution in [1.29, 1.82) is 0 Å². The summed E-state index contributed by atoms with van der Waals surface area (Å²) in [5.41, 5.74) is 0.950. The standard InChI is InChI=1S/C20H16Cl2N4O4/c1-2-29-20(28)18-19(30-12-17(27)14-5-9-16(22)10-6-14)26(25-24-18)23-11-13-3-7-15(21)8-4-13/h3-11H,2,12H2,1H3/b23-11-. The van der Waals surface area contributed by atoms with Gasteiger partial charge in [-0.25, -0.2) is 4.79 Å². The first kappa shape index (κ1) is 21.5. The van der Waals surface area contributed by atoms with Crippen molar-refractivity contribution in [2.75, 3.05) is 13.2 Å². The van der Waals surface area contributed by atoms with Gasteiger partial charge in [0.1, 0.15) is 0 Å². The Morgan fingerprint density at radius 2 is 1.70 bits per heavy atom.